The fourth-order valence-corrected chi connectivity index (χ4v) is 3.08. The van der Waals surface area contributed by atoms with Gasteiger partial charge >= 0.3 is 0 Å². The fourth-order valence-electron chi connectivity index (χ4n) is 3.08. The molecule has 0 radical (unpaired) electrons. The van der Waals surface area contributed by atoms with Crippen LogP contribution < -0.4 is 10.8 Å². The molecular formula is C19H21N3O2. The van der Waals surface area contributed by atoms with E-state index in [0.29, 0.717) is 6.04 Å². The van der Waals surface area contributed by atoms with Gasteiger partial charge in [0.1, 0.15) is 0 Å². The standard InChI is InChI=1S/C19H21N3O2/c23-19(22-24)9-5-14-4-7-17-15(13-14)6-8-18(17)21-12-10-16-3-1-2-11-20-16/h1-5,7,9,11,13,18,21,24H,6,8,10,12H2,(H,22,23). The van der Waals surface area contributed by atoms with E-state index in [1.807, 2.05) is 30.5 Å². The summed E-state index contributed by atoms with van der Waals surface area (Å²) in [5, 5.41) is 12.1. The molecule has 3 N–H and O–H groups in total. The minimum absolute atomic E-state index is 0.377. The van der Waals surface area contributed by atoms with Gasteiger partial charge in [0.2, 0.25) is 0 Å². The number of fused-ring (bicyclic) bond motifs is 1. The van der Waals surface area contributed by atoms with Crippen LogP contribution in [-0.4, -0.2) is 22.6 Å². The molecule has 0 bridgehead atoms. The largest absolute Gasteiger partial charge is 0.310 e. The molecule has 1 aliphatic rings. The molecule has 1 aromatic heterocycles. The van der Waals surface area contributed by atoms with E-state index in [2.05, 4.69) is 22.4 Å². The van der Waals surface area contributed by atoms with Gasteiger partial charge < -0.3 is 5.32 Å². The van der Waals surface area contributed by atoms with Gasteiger partial charge in [0.25, 0.3) is 5.91 Å². The first-order valence-electron chi connectivity index (χ1n) is 8.14. The Balaban J connectivity index is 1.58. The van der Waals surface area contributed by atoms with E-state index < -0.39 is 5.91 Å². The number of carbonyl (C=O) groups excluding carboxylic acids is 1. The number of carbonyl (C=O) groups is 1. The molecule has 1 aliphatic carbocycles. The van der Waals surface area contributed by atoms with Crippen LogP contribution in [0.2, 0.25) is 0 Å². The zero-order valence-corrected chi connectivity index (χ0v) is 13.4. The highest BCUT2D eigenvalue weighted by Gasteiger charge is 2.21. The maximum atomic E-state index is 11.0. The molecule has 24 heavy (non-hydrogen) atoms. The predicted molar refractivity (Wildman–Crippen MR) is 92.4 cm³/mol. The van der Waals surface area contributed by atoms with E-state index in [9.17, 15) is 4.79 Å². The molecule has 2 aromatic rings. The van der Waals surface area contributed by atoms with Gasteiger partial charge in [-0.05, 0) is 47.7 Å². The normalized spacial score (nSPS) is 16.3. The summed E-state index contributed by atoms with van der Waals surface area (Å²) in [6, 6.07) is 12.6. The minimum Gasteiger partial charge on any atom is -0.310 e. The van der Waals surface area contributed by atoms with Crippen molar-refractivity contribution in [1.82, 2.24) is 15.8 Å². The zero-order chi connectivity index (χ0) is 16.8. The van der Waals surface area contributed by atoms with Crippen molar-refractivity contribution in [3.05, 3.63) is 71.1 Å². The molecule has 0 saturated carbocycles. The smallest absolute Gasteiger partial charge is 0.267 e. The Labute approximate surface area is 141 Å². The second kappa shape index (κ2) is 7.86. The molecule has 0 saturated heterocycles. The summed E-state index contributed by atoms with van der Waals surface area (Å²) in [5.41, 5.74) is 6.31. The van der Waals surface area contributed by atoms with Crippen molar-refractivity contribution < 1.29 is 10.0 Å². The number of nitrogens with zero attached hydrogens (tertiary/aromatic N) is 1. The number of pyridine rings is 1. The molecule has 5 heteroatoms. The number of rotatable bonds is 6. The number of benzene rings is 1. The van der Waals surface area contributed by atoms with Gasteiger partial charge in [-0.15, -0.1) is 0 Å². The third-order valence-electron chi connectivity index (χ3n) is 4.28. The van der Waals surface area contributed by atoms with Gasteiger partial charge in [0, 0.05) is 37.0 Å². The third kappa shape index (κ3) is 4.07. The van der Waals surface area contributed by atoms with Crippen LogP contribution in [0.5, 0.6) is 0 Å². The van der Waals surface area contributed by atoms with E-state index in [1.165, 1.54) is 17.2 Å². The molecule has 1 aromatic carbocycles. The van der Waals surface area contributed by atoms with Gasteiger partial charge in [-0.1, -0.05) is 24.3 Å². The number of hydrogen-bond donors (Lipinski definition) is 3. The molecule has 1 atom stereocenters. The van der Waals surface area contributed by atoms with Gasteiger partial charge in [-0.3, -0.25) is 15.0 Å². The lowest BCUT2D eigenvalue weighted by atomic mass is 10.0. The Morgan fingerprint density at radius 2 is 2.25 bits per heavy atom. The number of amides is 1. The Hall–Kier alpha value is -2.50. The quantitative estimate of drug-likeness (QED) is 0.434. The highest BCUT2D eigenvalue weighted by Crippen LogP contribution is 2.31. The van der Waals surface area contributed by atoms with Crippen LogP contribution >= 0.6 is 0 Å². The van der Waals surface area contributed by atoms with Crippen LogP contribution in [0.15, 0.2) is 48.7 Å². The fraction of sp³-hybridized carbons (Fsp3) is 0.263. The lowest BCUT2D eigenvalue weighted by molar-refractivity contribution is -0.124. The van der Waals surface area contributed by atoms with Crippen molar-refractivity contribution >= 4 is 12.0 Å². The monoisotopic (exact) mass is 323 g/mol. The molecule has 0 aliphatic heterocycles. The van der Waals surface area contributed by atoms with Crippen molar-refractivity contribution in [3.8, 4) is 0 Å². The maximum Gasteiger partial charge on any atom is 0.267 e. The van der Waals surface area contributed by atoms with Crippen LogP contribution in [0, 0.1) is 0 Å². The number of hydrogen-bond acceptors (Lipinski definition) is 4. The lowest BCUT2D eigenvalue weighted by Gasteiger charge is -2.14. The SMILES string of the molecule is O=C(C=Cc1ccc2c(c1)CCC2NCCc1ccccn1)NO. The first-order chi connectivity index (χ1) is 11.8. The first-order valence-corrected chi connectivity index (χ1v) is 8.14. The Morgan fingerprint density at radius 3 is 3.04 bits per heavy atom. The minimum atomic E-state index is -0.524. The topological polar surface area (TPSA) is 74.2 Å². The number of nitrogens with one attached hydrogen (secondary N) is 2. The number of aromatic nitrogens is 1. The molecule has 1 unspecified atom stereocenters. The summed E-state index contributed by atoms with van der Waals surface area (Å²) in [6.45, 7) is 0.902. The van der Waals surface area contributed by atoms with Crippen LogP contribution in [0.4, 0.5) is 0 Å². The van der Waals surface area contributed by atoms with E-state index in [1.54, 1.807) is 11.6 Å². The van der Waals surface area contributed by atoms with E-state index >= 15 is 0 Å². The van der Waals surface area contributed by atoms with E-state index in [0.717, 1.165) is 37.1 Å². The summed E-state index contributed by atoms with van der Waals surface area (Å²) < 4.78 is 0. The molecule has 124 valence electrons. The molecule has 1 amide bonds. The summed E-state index contributed by atoms with van der Waals surface area (Å²) in [5.74, 6) is -0.524. The molecule has 0 fully saturated rings. The lowest BCUT2D eigenvalue weighted by Crippen LogP contribution is -2.22. The van der Waals surface area contributed by atoms with Crippen LogP contribution in [0.1, 0.15) is 34.8 Å². The van der Waals surface area contributed by atoms with Crippen molar-refractivity contribution in [2.75, 3.05) is 6.54 Å². The molecule has 5 nitrogen and oxygen atoms in total. The van der Waals surface area contributed by atoms with Gasteiger partial charge in [-0.25, -0.2) is 5.48 Å². The second-order valence-corrected chi connectivity index (χ2v) is 5.88. The Morgan fingerprint density at radius 1 is 1.33 bits per heavy atom. The molecule has 3 rings (SSSR count). The zero-order valence-electron chi connectivity index (χ0n) is 13.4. The maximum absolute atomic E-state index is 11.0. The highest BCUT2D eigenvalue weighted by molar-refractivity contribution is 5.90. The molecule has 1 heterocycles. The Kier molecular flexibility index (Phi) is 5.36. The summed E-state index contributed by atoms with van der Waals surface area (Å²) in [6.07, 6.45) is 7.88. The predicted octanol–water partition coefficient (Wildman–Crippen LogP) is 2.42. The third-order valence-corrected chi connectivity index (χ3v) is 4.28. The first kappa shape index (κ1) is 16.4. The molecular weight excluding hydrogens is 302 g/mol. The van der Waals surface area contributed by atoms with Gasteiger partial charge in [0.05, 0.1) is 0 Å². The van der Waals surface area contributed by atoms with E-state index in [-0.39, 0.29) is 0 Å². The molecule has 0 spiro atoms. The van der Waals surface area contributed by atoms with Crippen molar-refractivity contribution in [2.24, 2.45) is 0 Å². The average Bonchev–Trinajstić information content (AvgIpc) is 3.03. The number of hydroxylamine groups is 1. The van der Waals surface area contributed by atoms with Gasteiger partial charge in [-0.2, -0.15) is 0 Å². The van der Waals surface area contributed by atoms with Crippen molar-refractivity contribution in [3.63, 3.8) is 0 Å². The number of aryl methyl sites for hydroxylation is 1. The van der Waals surface area contributed by atoms with Crippen LogP contribution in [0.25, 0.3) is 6.08 Å². The Bertz CT molecular complexity index is 729. The van der Waals surface area contributed by atoms with Crippen molar-refractivity contribution in [1.29, 1.82) is 0 Å². The second-order valence-electron chi connectivity index (χ2n) is 5.88. The highest BCUT2D eigenvalue weighted by atomic mass is 16.5. The van der Waals surface area contributed by atoms with Gasteiger partial charge in [0.15, 0.2) is 0 Å². The van der Waals surface area contributed by atoms with E-state index in [4.69, 9.17) is 5.21 Å². The summed E-state index contributed by atoms with van der Waals surface area (Å²) in [7, 11) is 0. The summed E-state index contributed by atoms with van der Waals surface area (Å²) >= 11 is 0. The summed E-state index contributed by atoms with van der Waals surface area (Å²) in [4.78, 5) is 15.4. The van der Waals surface area contributed by atoms with Crippen LogP contribution in [-0.2, 0) is 17.6 Å². The van der Waals surface area contributed by atoms with Crippen LogP contribution in [0.3, 0.4) is 0 Å². The van der Waals surface area contributed by atoms with Crippen molar-refractivity contribution in [2.45, 2.75) is 25.3 Å². The average molecular weight is 323 g/mol.